The number of hydrazone groups is 1. The predicted octanol–water partition coefficient (Wildman–Crippen LogP) is 3.78. The van der Waals surface area contributed by atoms with Gasteiger partial charge in [0.05, 0.1) is 11.8 Å². The van der Waals surface area contributed by atoms with Crippen molar-refractivity contribution in [2.45, 2.75) is 13.8 Å². The van der Waals surface area contributed by atoms with E-state index < -0.39 is 11.9 Å². The molecule has 33 heavy (non-hydrogen) atoms. The zero-order chi connectivity index (χ0) is 23.2. The summed E-state index contributed by atoms with van der Waals surface area (Å²) in [6.45, 7) is 3.84. The molecule has 0 spiro atoms. The van der Waals surface area contributed by atoms with Gasteiger partial charge in [0.25, 0.3) is 5.91 Å². The predicted molar refractivity (Wildman–Crippen MR) is 121 cm³/mol. The van der Waals surface area contributed by atoms with Gasteiger partial charge in [-0.05, 0) is 66.9 Å². The van der Waals surface area contributed by atoms with Crippen LogP contribution in [0.1, 0.15) is 27.0 Å². The largest absolute Gasteiger partial charge is 0.483 e. The van der Waals surface area contributed by atoms with Gasteiger partial charge in [-0.1, -0.05) is 24.3 Å². The normalized spacial score (nSPS) is 11.9. The first-order valence-electron chi connectivity index (χ1n) is 10.2. The second-order valence-electron chi connectivity index (χ2n) is 7.38. The van der Waals surface area contributed by atoms with Crippen LogP contribution >= 0.6 is 0 Å². The van der Waals surface area contributed by atoms with Gasteiger partial charge in [0.1, 0.15) is 11.5 Å². The SMILES string of the molecule is Cc1ccc(C)c(OCC(=O)NN=Cc2cccc(OC(=O)c3ccc4c(c3)OCO4)c2)c1. The summed E-state index contributed by atoms with van der Waals surface area (Å²) in [5.74, 6) is 1.17. The maximum Gasteiger partial charge on any atom is 0.343 e. The van der Waals surface area contributed by atoms with Crippen LogP contribution in [0.3, 0.4) is 0 Å². The van der Waals surface area contributed by atoms with Crippen LogP contribution < -0.4 is 24.4 Å². The number of aryl methyl sites for hydroxylation is 2. The molecule has 0 bridgehead atoms. The summed E-state index contributed by atoms with van der Waals surface area (Å²) in [5, 5.41) is 3.94. The second-order valence-corrected chi connectivity index (χ2v) is 7.38. The van der Waals surface area contributed by atoms with Gasteiger partial charge in [-0.25, -0.2) is 10.2 Å². The molecular weight excluding hydrogens is 424 g/mol. The maximum absolute atomic E-state index is 12.4. The highest BCUT2D eigenvalue weighted by molar-refractivity contribution is 5.92. The number of hydrogen-bond acceptors (Lipinski definition) is 7. The third kappa shape index (κ3) is 5.68. The third-order valence-corrected chi connectivity index (χ3v) is 4.78. The van der Waals surface area contributed by atoms with Crippen LogP contribution in [0.25, 0.3) is 0 Å². The van der Waals surface area contributed by atoms with E-state index in [4.69, 9.17) is 18.9 Å². The number of carbonyl (C=O) groups is 2. The average Bonchev–Trinajstić information content (AvgIpc) is 3.28. The van der Waals surface area contributed by atoms with E-state index >= 15 is 0 Å². The van der Waals surface area contributed by atoms with Crippen molar-refractivity contribution in [3.05, 3.63) is 82.9 Å². The Balaban J connectivity index is 1.30. The molecular formula is C25H22N2O6. The zero-order valence-corrected chi connectivity index (χ0v) is 18.2. The minimum Gasteiger partial charge on any atom is -0.483 e. The first kappa shape index (κ1) is 21.9. The monoisotopic (exact) mass is 446 g/mol. The van der Waals surface area contributed by atoms with Crippen molar-refractivity contribution in [1.82, 2.24) is 5.43 Å². The fraction of sp³-hybridized carbons (Fsp3) is 0.160. The zero-order valence-electron chi connectivity index (χ0n) is 18.2. The number of esters is 1. The average molecular weight is 446 g/mol. The Hall–Kier alpha value is -4.33. The van der Waals surface area contributed by atoms with Crippen LogP contribution in [0.5, 0.6) is 23.0 Å². The van der Waals surface area contributed by atoms with Gasteiger partial charge in [0.2, 0.25) is 6.79 Å². The van der Waals surface area contributed by atoms with Gasteiger partial charge in [0.15, 0.2) is 18.1 Å². The summed E-state index contributed by atoms with van der Waals surface area (Å²) in [6, 6.07) is 17.4. The Morgan fingerprint density at radius 2 is 1.88 bits per heavy atom. The Bertz CT molecular complexity index is 1220. The number of nitrogens with one attached hydrogen (secondary N) is 1. The van der Waals surface area contributed by atoms with Crippen molar-refractivity contribution < 1.29 is 28.5 Å². The van der Waals surface area contributed by atoms with Crippen molar-refractivity contribution in [3.8, 4) is 23.0 Å². The molecule has 0 fully saturated rings. The number of hydrogen-bond donors (Lipinski definition) is 1. The summed E-state index contributed by atoms with van der Waals surface area (Å²) in [5.41, 5.74) is 5.40. The van der Waals surface area contributed by atoms with E-state index in [1.807, 2.05) is 32.0 Å². The van der Waals surface area contributed by atoms with Crippen molar-refractivity contribution >= 4 is 18.1 Å². The smallest absolute Gasteiger partial charge is 0.343 e. The Kier molecular flexibility index (Phi) is 6.54. The molecule has 0 unspecified atom stereocenters. The van der Waals surface area contributed by atoms with Crippen LogP contribution in [0.4, 0.5) is 0 Å². The number of rotatable bonds is 7. The lowest BCUT2D eigenvalue weighted by Crippen LogP contribution is -2.24. The molecule has 1 N–H and O–H groups in total. The van der Waals surface area contributed by atoms with E-state index in [1.165, 1.54) is 6.21 Å². The summed E-state index contributed by atoms with van der Waals surface area (Å²) >= 11 is 0. The lowest BCUT2D eigenvalue weighted by atomic mass is 10.1. The van der Waals surface area contributed by atoms with Gasteiger partial charge in [-0.15, -0.1) is 0 Å². The molecule has 3 aromatic rings. The molecule has 0 saturated heterocycles. The van der Waals surface area contributed by atoms with E-state index in [0.717, 1.165) is 11.1 Å². The van der Waals surface area contributed by atoms with Crippen LogP contribution in [0, 0.1) is 13.8 Å². The van der Waals surface area contributed by atoms with Gasteiger partial charge in [-0.3, -0.25) is 4.79 Å². The number of amides is 1. The van der Waals surface area contributed by atoms with Crippen molar-refractivity contribution in [3.63, 3.8) is 0 Å². The Morgan fingerprint density at radius 3 is 2.76 bits per heavy atom. The van der Waals surface area contributed by atoms with E-state index in [1.54, 1.807) is 42.5 Å². The molecule has 1 aliphatic rings. The lowest BCUT2D eigenvalue weighted by Gasteiger charge is -2.08. The molecule has 8 nitrogen and oxygen atoms in total. The first-order chi connectivity index (χ1) is 16.0. The highest BCUT2D eigenvalue weighted by Crippen LogP contribution is 2.32. The minimum atomic E-state index is -0.528. The summed E-state index contributed by atoms with van der Waals surface area (Å²) in [6.07, 6.45) is 1.45. The summed E-state index contributed by atoms with van der Waals surface area (Å²) in [4.78, 5) is 24.5. The standard InChI is InChI=1S/C25H22N2O6/c1-16-6-7-17(2)22(10-16)30-14-24(28)27-26-13-18-4-3-5-20(11-18)33-25(29)19-8-9-21-23(12-19)32-15-31-21/h3-13H,14-15H2,1-2H3,(H,27,28). The molecule has 3 aromatic carbocycles. The van der Waals surface area contributed by atoms with Gasteiger partial charge in [0, 0.05) is 0 Å². The molecule has 1 heterocycles. The number of benzene rings is 3. The van der Waals surface area contributed by atoms with Crippen molar-refractivity contribution in [2.75, 3.05) is 13.4 Å². The molecule has 8 heteroatoms. The van der Waals surface area contributed by atoms with Crippen molar-refractivity contribution in [2.24, 2.45) is 5.10 Å². The van der Waals surface area contributed by atoms with Gasteiger partial charge in [-0.2, -0.15) is 5.10 Å². The van der Waals surface area contributed by atoms with E-state index in [9.17, 15) is 9.59 Å². The van der Waals surface area contributed by atoms with Crippen LogP contribution in [0.15, 0.2) is 65.8 Å². The number of ether oxygens (including phenoxy) is 4. The highest BCUT2D eigenvalue weighted by atomic mass is 16.7. The molecule has 1 aliphatic heterocycles. The van der Waals surface area contributed by atoms with Gasteiger partial charge < -0.3 is 18.9 Å². The van der Waals surface area contributed by atoms with Crippen LogP contribution in [-0.4, -0.2) is 31.5 Å². The van der Waals surface area contributed by atoms with E-state index in [0.29, 0.717) is 34.1 Å². The minimum absolute atomic E-state index is 0.128. The second kappa shape index (κ2) is 9.86. The molecule has 1 amide bonds. The molecule has 0 atom stereocenters. The quantitative estimate of drug-likeness (QED) is 0.257. The van der Waals surface area contributed by atoms with Crippen LogP contribution in [0.2, 0.25) is 0 Å². The Labute approximate surface area is 190 Å². The highest BCUT2D eigenvalue weighted by Gasteiger charge is 2.17. The Morgan fingerprint density at radius 1 is 1.03 bits per heavy atom. The summed E-state index contributed by atoms with van der Waals surface area (Å²) in [7, 11) is 0. The topological polar surface area (TPSA) is 95.5 Å². The number of fused-ring (bicyclic) bond motifs is 1. The molecule has 4 rings (SSSR count). The first-order valence-corrected chi connectivity index (χ1v) is 10.2. The molecule has 0 aliphatic carbocycles. The maximum atomic E-state index is 12.4. The summed E-state index contributed by atoms with van der Waals surface area (Å²) < 4.78 is 21.5. The molecule has 0 saturated carbocycles. The molecule has 0 radical (unpaired) electrons. The molecule has 0 aromatic heterocycles. The van der Waals surface area contributed by atoms with Crippen molar-refractivity contribution in [1.29, 1.82) is 0 Å². The third-order valence-electron chi connectivity index (χ3n) is 4.78. The lowest BCUT2D eigenvalue weighted by molar-refractivity contribution is -0.123. The van der Waals surface area contributed by atoms with E-state index in [2.05, 4.69) is 10.5 Å². The molecule has 168 valence electrons. The number of nitrogens with zero attached hydrogens (tertiary/aromatic N) is 1. The van der Waals surface area contributed by atoms with Crippen LogP contribution in [-0.2, 0) is 4.79 Å². The number of carbonyl (C=O) groups excluding carboxylic acids is 2. The van der Waals surface area contributed by atoms with Gasteiger partial charge >= 0.3 is 5.97 Å². The van der Waals surface area contributed by atoms with E-state index in [-0.39, 0.29) is 13.4 Å². The fourth-order valence-corrected chi connectivity index (χ4v) is 3.07. The fourth-order valence-electron chi connectivity index (χ4n) is 3.07.